The summed E-state index contributed by atoms with van der Waals surface area (Å²) in [5, 5.41) is 5.06. The van der Waals surface area contributed by atoms with E-state index >= 15 is 0 Å². The van der Waals surface area contributed by atoms with Crippen molar-refractivity contribution in [3.05, 3.63) is 48.0 Å². The van der Waals surface area contributed by atoms with E-state index in [-0.39, 0.29) is 24.0 Å². The van der Waals surface area contributed by atoms with Gasteiger partial charge in [0.1, 0.15) is 11.5 Å². The van der Waals surface area contributed by atoms with Gasteiger partial charge in [-0.15, -0.1) is 0 Å². The number of ether oxygens (including phenoxy) is 2. The standard InChI is InChI=1S/C17H14N2O6S/c18-26(22,23)12-4-1-10(2-5-12)19-16(20)8-14(17(19)21)13-6-3-11-7-15(13)25-9-24-11/h1-7,14H,8-9H2,(H2,18,22,23). The van der Waals surface area contributed by atoms with Crippen LogP contribution in [-0.4, -0.2) is 27.0 Å². The Kier molecular flexibility index (Phi) is 3.70. The number of primary sulfonamides is 1. The van der Waals surface area contributed by atoms with Crippen LogP contribution in [0.2, 0.25) is 0 Å². The zero-order valence-electron chi connectivity index (χ0n) is 13.4. The zero-order valence-corrected chi connectivity index (χ0v) is 14.2. The number of hydrogen-bond acceptors (Lipinski definition) is 6. The van der Waals surface area contributed by atoms with Crippen molar-refractivity contribution in [3.8, 4) is 11.5 Å². The molecular formula is C17H14N2O6S. The summed E-state index contributed by atoms with van der Waals surface area (Å²) in [4.78, 5) is 26.2. The van der Waals surface area contributed by atoms with Crippen LogP contribution in [0, 0.1) is 0 Å². The number of anilines is 1. The molecule has 4 rings (SSSR count). The Balaban J connectivity index is 1.66. The first-order valence-electron chi connectivity index (χ1n) is 7.74. The third kappa shape index (κ3) is 2.71. The van der Waals surface area contributed by atoms with E-state index in [1.807, 2.05) is 0 Å². The first-order valence-corrected chi connectivity index (χ1v) is 9.28. The molecule has 2 N–H and O–H groups in total. The predicted molar refractivity (Wildman–Crippen MR) is 90.2 cm³/mol. The number of carbonyl (C=O) groups excluding carboxylic acids is 2. The number of benzene rings is 2. The normalized spacial score (nSPS) is 19.3. The third-order valence-corrected chi connectivity index (χ3v) is 5.30. The second kappa shape index (κ2) is 5.82. The molecule has 2 aromatic carbocycles. The second-order valence-electron chi connectivity index (χ2n) is 5.97. The minimum atomic E-state index is -3.85. The molecule has 2 aliphatic rings. The number of carbonyl (C=O) groups is 2. The molecule has 26 heavy (non-hydrogen) atoms. The Morgan fingerprint density at radius 3 is 2.46 bits per heavy atom. The molecule has 1 unspecified atom stereocenters. The highest BCUT2D eigenvalue weighted by atomic mass is 32.2. The lowest BCUT2D eigenvalue weighted by atomic mass is 9.96. The second-order valence-corrected chi connectivity index (χ2v) is 7.53. The van der Waals surface area contributed by atoms with Crippen LogP contribution < -0.4 is 19.5 Å². The van der Waals surface area contributed by atoms with Crippen molar-refractivity contribution in [1.29, 1.82) is 0 Å². The topological polar surface area (TPSA) is 116 Å². The minimum Gasteiger partial charge on any atom is -0.457 e. The van der Waals surface area contributed by atoms with E-state index in [0.29, 0.717) is 22.7 Å². The van der Waals surface area contributed by atoms with E-state index in [2.05, 4.69) is 0 Å². The van der Waals surface area contributed by atoms with E-state index in [0.717, 1.165) is 4.90 Å². The summed E-state index contributed by atoms with van der Waals surface area (Å²) in [6.07, 6.45) is 0.00629. The van der Waals surface area contributed by atoms with Gasteiger partial charge in [-0.3, -0.25) is 14.5 Å². The molecule has 2 aliphatic heterocycles. The lowest BCUT2D eigenvalue weighted by molar-refractivity contribution is -0.121. The van der Waals surface area contributed by atoms with Crippen molar-refractivity contribution in [1.82, 2.24) is 0 Å². The summed E-state index contributed by atoms with van der Waals surface area (Å²) < 4.78 is 33.3. The highest BCUT2D eigenvalue weighted by Gasteiger charge is 2.42. The fraction of sp³-hybridized carbons (Fsp3) is 0.176. The van der Waals surface area contributed by atoms with Gasteiger partial charge in [0.25, 0.3) is 0 Å². The van der Waals surface area contributed by atoms with Crippen molar-refractivity contribution < 1.29 is 27.5 Å². The van der Waals surface area contributed by atoms with Crippen molar-refractivity contribution in [3.63, 3.8) is 0 Å². The first kappa shape index (κ1) is 16.6. The Hall–Kier alpha value is -2.91. The molecule has 8 nitrogen and oxygen atoms in total. The lowest BCUT2D eigenvalue weighted by Crippen LogP contribution is -2.30. The molecule has 1 fully saturated rings. The minimum absolute atomic E-state index is 0.00629. The molecule has 134 valence electrons. The highest BCUT2D eigenvalue weighted by Crippen LogP contribution is 2.40. The van der Waals surface area contributed by atoms with Gasteiger partial charge >= 0.3 is 0 Å². The first-order chi connectivity index (χ1) is 12.3. The van der Waals surface area contributed by atoms with Gasteiger partial charge < -0.3 is 9.47 Å². The monoisotopic (exact) mass is 374 g/mol. The highest BCUT2D eigenvalue weighted by molar-refractivity contribution is 7.89. The van der Waals surface area contributed by atoms with Crippen LogP contribution in [0.1, 0.15) is 17.9 Å². The van der Waals surface area contributed by atoms with Gasteiger partial charge in [-0.1, -0.05) is 6.07 Å². The van der Waals surface area contributed by atoms with Crippen LogP contribution >= 0.6 is 0 Å². The zero-order chi connectivity index (χ0) is 18.5. The van der Waals surface area contributed by atoms with Gasteiger partial charge in [-0.2, -0.15) is 0 Å². The molecule has 9 heteroatoms. The molecule has 0 aromatic heterocycles. The number of nitrogens with two attached hydrogens (primary N) is 1. The van der Waals surface area contributed by atoms with E-state index in [1.165, 1.54) is 24.3 Å². The van der Waals surface area contributed by atoms with Crippen LogP contribution in [0.5, 0.6) is 11.5 Å². The number of amides is 2. The Morgan fingerprint density at radius 1 is 1.04 bits per heavy atom. The Bertz CT molecular complexity index is 1020. The molecule has 2 bridgehead atoms. The lowest BCUT2D eigenvalue weighted by Gasteiger charge is -2.21. The SMILES string of the molecule is NS(=O)(=O)c1ccc(N2C(=O)CC(c3ccc4cc3OCO4)C2=O)cc1. The van der Waals surface area contributed by atoms with Gasteiger partial charge in [0, 0.05) is 18.1 Å². The van der Waals surface area contributed by atoms with Crippen LogP contribution in [-0.2, 0) is 19.6 Å². The quantitative estimate of drug-likeness (QED) is 0.805. The maximum absolute atomic E-state index is 12.8. The predicted octanol–water partition coefficient (Wildman–Crippen LogP) is 1.11. The van der Waals surface area contributed by atoms with Crippen molar-refractivity contribution in [2.75, 3.05) is 11.7 Å². The molecule has 2 heterocycles. The van der Waals surface area contributed by atoms with E-state index in [1.54, 1.807) is 18.2 Å². The molecule has 1 atom stereocenters. The molecular weight excluding hydrogens is 360 g/mol. The van der Waals surface area contributed by atoms with E-state index in [4.69, 9.17) is 14.6 Å². The van der Waals surface area contributed by atoms with Crippen molar-refractivity contribution in [2.24, 2.45) is 5.14 Å². The molecule has 0 radical (unpaired) electrons. The maximum atomic E-state index is 12.8. The van der Waals surface area contributed by atoms with Crippen LogP contribution in [0.4, 0.5) is 5.69 Å². The van der Waals surface area contributed by atoms with Crippen molar-refractivity contribution >= 4 is 27.5 Å². The van der Waals surface area contributed by atoms with Crippen LogP contribution in [0.15, 0.2) is 47.4 Å². The average Bonchev–Trinajstić information content (AvgIpc) is 2.89. The summed E-state index contributed by atoms with van der Waals surface area (Å²) in [6.45, 7) is 0.0581. The number of rotatable bonds is 3. The van der Waals surface area contributed by atoms with Crippen molar-refractivity contribution in [2.45, 2.75) is 17.2 Å². The average molecular weight is 374 g/mol. The summed E-state index contributed by atoms with van der Waals surface area (Å²) in [7, 11) is -3.85. The van der Waals surface area contributed by atoms with Crippen LogP contribution in [0.3, 0.4) is 0 Å². The number of nitrogens with zero attached hydrogens (tertiary/aromatic N) is 1. The van der Waals surface area contributed by atoms with Gasteiger partial charge in [0.2, 0.25) is 28.6 Å². The molecule has 1 saturated heterocycles. The maximum Gasteiger partial charge on any atom is 0.241 e. The van der Waals surface area contributed by atoms with Gasteiger partial charge in [-0.25, -0.2) is 13.6 Å². The summed E-state index contributed by atoms with van der Waals surface area (Å²) >= 11 is 0. The largest absolute Gasteiger partial charge is 0.457 e. The molecule has 2 aromatic rings. The molecule has 2 amide bonds. The summed E-state index contributed by atoms with van der Waals surface area (Å²) in [5.74, 6) is -0.264. The van der Waals surface area contributed by atoms with Gasteiger partial charge in [-0.05, 0) is 30.3 Å². The summed E-state index contributed by atoms with van der Waals surface area (Å²) in [6, 6.07) is 10.4. The number of hydrogen-bond donors (Lipinski definition) is 1. The van der Waals surface area contributed by atoms with Crippen LogP contribution in [0.25, 0.3) is 0 Å². The summed E-state index contributed by atoms with van der Waals surface area (Å²) in [5.41, 5.74) is 0.920. The van der Waals surface area contributed by atoms with E-state index in [9.17, 15) is 18.0 Å². The third-order valence-electron chi connectivity index (χ3n) is 4.37. The molecule has 0 spiro atoms. The molecule has 0 aliphatic carbocycles. The fourth-order valence-corrected chi connectivity index (χ4v) is 3.62. The fourth-order valence-electron chi connectivity index (χ4n) is 3.11. The number of imide groups is 1. The van der Waals surface area contributed by atoms with Gasteiger partial charge in [0.05, 0.1) is 16.5 Å². The van der Waals surface area contributed by atoms with Gasteiger partial charge in [0.15, 0.2) is 0 Å². The number of fused-ring (bicyclic) bond motifs is 2. The Morgan fingerprint density at radius 2 is 1.77 bits per heavy atom. The smallest absolute Gasteiger partial charge is 0.241 e. The van der Waals surface area contributed by atoms with E-state index < -0.39 is 21.8 Å². The molecule has 0 saturated carbocycles. The number of sulfonamides is 1. The Labute approximate surface area is 149 Å².